The van der Waals surface area contributed by atoms with Crippen molar-refractivity contribution in [2.24, 2.45) is 0 Å². The van der Waals surface area contributed by atoms with Gasteiger partial charge in [-0.15, -0.1) is 10.2 Å². The number of rotatable bonds is 5. The van der Waals surface area contributed by atoms with Crippen LogP contribution in [0.25, 0.3) is 10.6 Å². The van der Waals surface area contributed by atoms with E-state index in [-0.39, 0.29) is 11.8 Å². The van der Waals surface area contributed by atoms with Crippen molar-refractivity contribution in [3.63, 3.8) is 0 Å². The van der Waals surface area contributed by atoms with Crippen LogP contribution in [-0.4, -0.2) is 22.0 Å². The van der Waals surface area contributed by atoms with Gasteiger partial charge in [-0.1, -0.05) is 47.2 Å². The average molecular weight is 380 g/mol. The molecule has 2 N–H and O–H groups in total. The molecular weight excluding hydrogens is 360 g/mol. The van der Waals surface area contributed by atoms with E-state index in [4.69, 9.17) is 0 Å². The molecule has 0 unspecified atom stereocenters. The topological polar surface area (TPSA) is 84.0 Å². The molecule has 1 aromatic heterocycles. The number of benzene rings is 2. The fourth-order valence-corrected chi connectivity index (χ4v) is 3.44. The highest BCUT2D eigenvalue weighted by atomic mass is 32.1. The van der Waals surface area contributed by atoms with E-state index in [1.165, 1.54) is 23.8 Å². The summed E-state index contributed by atoms with van der Waals surface area (Å²) in [6.45, 7) is 5.98. The number of hydrogen-bond acceptors (Lipinski definition) is 5. The first kappa shape index (κ1) is 18.7. The van der Waals surface area contributed by atoms with Gasteiger partial charge in [-0.2, -0.15) is 0 Å². The molecule has 0 saturated heterocycles. The highest BCUT2D eigenvalue weighted by molar-refractivity contribution is 7.18. The highest BCUT2D eigenvalue weighted by Crippen LogP contribution is 2.29. The smallest absolute Gasteiger partial charge is 0.257 e. The number of carbonyl (C=O) groups is 2. The highest BCUT2D eigenvalue weighted by Gasteiger charge is 2.12. The minimum absolute atomic E-state index is 0.0901. The quantitative estimate of drug-likeness (QED) is 0.707. The van der Waals surface area contributed by atoms with Gasteiger partial charge in [0.2, 0.25) is 11.0 Å². The first-order valence-electron chi connectivity index (χ1n) is 8.48. The van der Waals surface area contributed by atoms with Crippen LogP contribution in [0.1, 0.15) is 34.0 Å². The molecule has 0 bridgehead atoms. The van der Waals surface area contributed by atoms with Crippen molar-refractivity contribution in [3.8, 4) is 10.6 Å². The average Bonchev–Trinajstić information content (AvgIpc) is 3.08. The molecule has 0 aliphatic rings. The molecule has 27 heavy (non-hydrogen) atoms. The lowest BCUT2D eigenvalue weighted by atomic mass is 10.1. The summed E-state index contributed by atoms with van der Waals surface area (Å²) in [4.78, 5) is 23.4. The van der Waals surface area contributed by atoms with E-state index >= 15 is 0 Å². The fraction of sp³-hybridized carbons (Fsp3) is 0.200. The van der Waals surface area contributed by atoms with Crippen molar-refractivity contribution in [2.45, 2.75) is 27.3 Å². The Morgan fingerprint density at radius 1 is 1.04 bits per heavy atom. The van der Waals surface area contributed by atoms with Gasteiger partial charge in [0.1, 0.15) is 5.01 Å². The summed E-state index contributed by atoms with van der Waals surface area (Å²) in [5.41, 5.74) is 4.77. The SMILES string of the molecule is CC(=O)NCc1ccc(C(=O)Nc2nnc(-c3ccc(C)cc3C)s2)cc1. The minimum Gasteiger partial charge on any atom is -0.352 e. The summed E-state index contributed by atoms with van der Waals surface area (Å²) in [5.74, 6) is -0.336. The van der Waals surface area contributed by atoms with E-state index in [0.29, 0.717) is 17.2 Å². The summed E-state index contributed by atoms with van der Waals surface area (Å²) in [5, 5.41) is 15.0. The van der Waals surface area contributed by atoms with E-state index in [0.717, 1.165) is 21.7 Å². The molecular formula is C20H20N4O2S. The molecule has 0 saturated carbocycles. The second-order valence-electron chi connectivity index (χ2n) is 6.29. The van der Waals surface area contributed by atoms with Crippen LogP contribution in [0.3, 0.4) is 0 Å². The normalized spacial score (nSPS) is 10.5. The Morgan fingerprint density at radius 3 is 2.44 bits per heavy atom. The summed E-state index contributed by atoms with van der Waals surface area (Å²) in [7, 11) is 0. The van der Waals surface area contributed by atoms with Crippen LogP contribution >= 0.6 is 11.3 Å². The fourth-order valence-electron chi connectivity index (χ4n) is 2.61. The van der Waals surface area contributed by atoms with Gasteiger partial charge < -0.3 is 5.32 Å². The summed E-state index contributed by atoms with van der Waals surface area (Å²) < 4.78 is 0. The molecule has 0 aliphatic heterocycles. The molecule has 2 aromatic carbocycles. The van der Waals surface area contributed by atoms with Crippen molar-refractivity contribution >= 4 is 28.3 Å². The summed E-state index contributed by atoms with van der Waals surface area (Å²) >= 11 is 1.34. The molecule has 3 aromatic rings. The van der Waals surface area contributed by atoms with Crippen molar-refractivity contribution in [1.82, 2.24) is 15.5 Å². The predicted octanol–water partition coefficient (Wildman–Crippen LogP) is 3.71. The second-order valence-corrected chi connectivity index (χ2v) is 7.27. The Balaban J connectivity index is 1.68. The molecule has 1 heterocycles. The van der Waals surface area contributed by atoms with Gasteiger partial charge in [0.15, 0.2) is 0 Å². The molecule has 2 amide bonds. The van der Waals surface area contributed by atoms with Crippen LogP contribution in [0.4, 0.5) is 5.13 Å². The van der Waals surface area contributed by atoms with Crippen LogP contribution in [-0.2, 0) is 11.3 Å². The van der Waals surface area contributed by atoms with Crippen molar-refractivity contribution in [2.75, 3.05) is 5.32 Å². The Hall–Kier alpha value is -3.06. The van der Waals surface area contributed by atoms with Crippen molar-refractivity contribution < 1.29 is 9.59 Å². The lowest BCUT2D eigenvalue weighted by Gasteiger charge is -2.05. The third kappa shape index (κ3) is 4.77. The Morgan fingerprint density at radius 2 is 1.78 bits per heavy atom. The molecule has 0 aliphatic carbocycles. The molecule has 0 radical (unpaired) electrons. The lowest BCUT2D eigenvalue weighted by molar-refractivity contribution is -0.119. The number of aromatic nitrogens is 2. The molecule has 0 atom stereocenters. The van der Waals surface area contributed by atoms with Gasteiger partial charge in [0.25, 0.3) is 5.91 Å². The number of hydrogen-bond donors (Lipinski definition) is 2. The van der Waals surface area contributed by atoms with E-state index in [2.05, 4.69) is 26.9 Å². The number of nitrogens with zero attached hydrogens (tertiary/aromatic N) is 2. The van der Waals surface area contributed by atoms with Crippen LogP contribution in [0.5, 0.6) is 0 Å². The lowest BCUT2D eigenvalue weighted by Crippen LogP contribution is -2.19. The molecule has 0 spiro atoms. The number of carbonyl (C=O) groups excluding carboxylic acids is 2. The van der Waals surface area contributed by atoms with Crippen molar-refractivity contribution in [1.29, 1.82) is 0 Å². The van der Waals surface area contributed by atoms with Gasteiger partial charge in [0.05, 0.1) is 0 Å². The third-order valence-corrected chi connectivity index (χ3v) is 4.89. The van der Waals surface area contributed by atoms with Crippen LogP contribution in [0, 0.1) is 13.8 Å². The zero-order chi connectivity index (χ0) is 19.4. The van der Waals surface area contributed by atoms with Gasteiger partial charge in [-0.05, 0) is 37.1 Å². The van der Waals surface area contributed by atoms with E-state index < -0.39 is 0 Å². The summed E-state index contributed by atoms with van der Waals surface area (Å²) in [6, 6.07) is 13.2. The molecule has 6 nitrogen and oxygen atoms in total. The maximum absolute atomic E-state index is 12.4. The first-order valence-corrected chi connectivity index (χ1v) is 9.30. The van der Waals surface area contributed by atoms with Crippen LogP contribution in [0.2, 0.25) is 0 Å². The number of nitrogens with one attached hydrogen (secondary N) is 2. The molecule has 7 heteroatoms. The standard InChI is InChI=1S/C20H20N4O2S/c1-12-4-9-17(13(2)10-12)19-23-24-20(27-19)22-18(26)16-7-5-15(6-8-16)11-21-14(3)25/h4-10H,11H2,1-3H3,(H,21,25)(H,22,24,26). The van der Waals surface area contributed by atoms with Gasteiger partial charge >= 0.3 is 0 Å². The molecule has 0 fully saturated rings. The van der Waals surface area contributed by atoms with Crippen molar-refractivity contribution in [3.05, 3.63) is 64.7 Å². The van der Waals surface area contributed by atoms with Gasteiger partial charge in [-0.25, -0.2) is 0 Å². The zero-order valence-corrected chi connectivity index (χ0v) is 16.2. The maximum atomic E-state index is 12.4. The first-order chi connectivity index (χ1) is 12.9. The Labute approximate surface area is 161 Å². The minimum atomic E-state index is -0.246. The van der Waals surface area contributed by atoms with Crippen LogP contribution in [0.15, 0.2) is 42.5 Å². The van der Waals surface area contributed by atoms with Crippen LogP contribution < -0.4 is 10.6 Å². The predicted molar refractivity (Wildman–Crippen MR) is 107 cm³/mol. The number of anilines is 1. The van der Waals surface area contributed by atoms with Gasteiger partial charge in [-0.3, -0.25) is 14.9 Å². The Bertz CT molecular complexity index is 980. The number of amides is 2. The maximum Gasteiger partial charge on any atom is 0.257 e. The van der Waals surface area contributed by atoms with Gasteiger partial charge in [0, 0.05) is 24.6 Å². The Kier molecular flexibility index (Phi) is 5.61. The number of aryl methyl sites for hydroxylation is 2. The molecule has 138 valence electrons. The molecule has 3 rings (SSSR count). The largest absolute Gasteiger partial charge is 0.352 e. The van der Waals surface area contributed by atoms with E-state index in [9.17, 15) is 9.59 Å². The second kappa shape index (κ2) is 8.09. The monoisotopic (exact) mass is 380 g/mol. The zero-order valence-electron chi connectivity index (χ0n) is 15.4. The third-order valence-electron chi connectivity index (χ3n) is 4.02. The van der Waals surface area contributed by atoms with E-state index in [1.54, 1.807) is 12.1 Å². The van der Waals surface area contributed by atoms with E-state index in [1.807, 2.05) is 38.1 Å². The summed E-state index contributed by atoms with van der Waals surface area (Å²) in [6.07, 6.45) is 0.